The molecule has 0 aliphatic carbocycles. The first-order valence-corrected chi connectivity index (χ1v) is 39.7. The Kier molecular flexibility index (Phi) is 31.1. The van der Waals surface area contributed by atoms with Gasteiger partial charge in [-0.3, -0.25) is 96.8 Å². The maximum atomic E-state index is 15.2. The van der Waals surface area contributed by atoms with E-state index >= 15 is 4.79 Å². The van der Waals surface area contributed by atoms with Gasteiger partial charge in [0, 0.05) is 154 Å². The number of aromatic nitrogens is 2. The Bertz CT molecular complexity index is 4990. The summed E-state index contributed by atoms with van der Waals surface area (Å²) >= 11 is 0. The first-order chi connectivity index (χ1) is 57.6. The number of esters is 1. The number of hydrogen-bond donors (Lipinski definition) is 7. The molecule has 2 aromatic heterocycles. The van der Waals surface area contributed by atoms with Crippen LogP contribution in [-0.4, -0.2) is 337 Å². The van der Waals surface area contributed by atoms with Crippen LogP contribution in [-0.2, 0) is 38.3 Å². The van der Waals surface area contributed by atoms with Crippen LogP contribution in [0.4, 0.5) is 40.3 Å². The number of aliphatic carboxylic acids is 3. The van der Waals surface area contributed by atoms with E-state index in [0.29, 0.717) is 59.0 Å². The number of nitriles is 2. The third-order valence-corrected chi connectivity index (χ3v) is 21.0. The zero-order valence-corrected chi connectivity index (χ0v) is 67.3. The molecule has 0 unspecified atom stereocenters. The predicted octanol–water partition coefficient (Wildman–Crippen LogP) is 0.771. The maximum Gasteiger partial charge on any atom is 0.320 e. The first kappa shape index (κ1) is 91.3. The molecule has 6 aromatic rings. The standard InChI is InChI=1S/C80H98F4N18O19/c1-78(2,3)121-67(112)48-97-26-28-98(63(105)44-93-18-20-94(45-64(106)107)22-24-96(47-66(110)111)25-23-95(21-19-93)46-65(108)109)30-31-100(71-69(73(114)75(71)116)90-15-5-7-35-120-54-9-11-60-58(37-54)56(13-17-88-60)77(118)92-43-62(104)102-50-80(83,84)39-52(102)41-86)33-32-99(29-27-97)70-68(72(113)74(70)115)89-14-4-6-34-119-53-8-10-59-57(36-53)55(12-16-87-59)76(117)91-42-61(103)101-49-79(81,82)38-51(101)40-85/h8-13,16-17,36-37,51-52,89-90H,4-7,14-15,18-35,38-39,42-50H2,1-3H3,(H,91,117)(H,92,118)(H,106,107)(H,108,109)(H,110,111)/t51-,52-/m0/s1. The Morgan fingerprint density at radius 3 is 1.25 bits per heavy atom. The van der Waals surface area contributed by atoms with E-state index in [2.05, 4.69) is 31.2 Å². The van der Waals surface area contributed by atoms with Crippen LogP contribution in [0.25, 0.3) is 21.8 Å². The molecule has 4 aliphatic heterocycles. The number of rotatable bonds is 32. The number of halogens is 4. The van der Waals surface area contributed by atoms with E-state index in [-0.39, 0.29) is 185 Å². The SMILES string of the molecule is CC(C)(C)OC(=O)CN1CCN(C(=O)CN2CCN(CC(=O)O)CCN(CC(=O)O)CCN(CC(=O)O)CC2)CCN(c2c(NCCCCOc3ccc4nccc(C(=O)NCC(=O)N5CC(F)(F)C[C@H]5C#N)c4c3)c(=O)c2=O)CCN(c2c(NCCCCOc3ccc4nccc(C(=O)NCC(=O)N5CC(F)(F)C[C@H]5C#N)c4c3)c(=O)c2=O)CC1. The molecule has 0 spiro atoms. The Morgan fingerprint density at radius 1 is 0.488 bits per heavy atom. The second-order valence-electron chi connectivity index (χ2n) is 31.1. The highest BCUT2D eigenvalue weighted by molar-refractivity contribution is 6.08. The molecule has 37 nitrogen and oxygen atoms in total. The van der Waals surface area contributed by atoms with Gasteiger partial charge in [-0.05, 0) is 95.0 Å². The van der Waals surface area contributed by atoms with E-state index in [1.54, 1.807) is 104 Å². The van der Waals surface area contributed by atoms with Gasteiger partial charge in [0.05, 0.1) is 106 Å². The van der Waals surface area contributed by atoms with Gasteiger partial charge >= 0.3 is 23.9 Å². The molecule has 7 N–H and O–H groups in total. The minimum absolute atomic E-state index is 0.00502. The van der Waals surface area contributed by atoms with Gasteiger partial charge in [-0.25, -0.2) is 17.6 Å². The number of carbonyl (C=O) groups excluding carboxylic acids is 6. The number of fused-ring (bicyclic) bond motifs is 2. The number of amides is 5. The fraction of sp³-hybridized carbons (Fsp3) is 0.537. The van der Waals surface area contributed by atoms with Crippen LogP contribution >= 0.6 is 0 Å². The highest BCUT2D eigenvalue weighted by atomic mass is 19.3. The van der Waals surface area contributed by atoms with Crippen LogP contribution in [0.1, 0.15) is 80.0 Å². The molecule has 0 saturated carbocycles. The number of unbranched alkanes of at least 4 members (excludes halogenated alkanes) is 2. The summed E-state index contributed by atoms with van der Waals surface area (Å²) < 4.78 is 74.4. The van der Waals surface area contributed by atoms with Crippen molar-refractivity contribution < 1.29 is 90.2 Å². The highest BCUT2D eigenvalue weighted by Crippen LogP contribution is 2.34. The molecule has 4 aliphatic rings. The molecule has 6 heterocycles. The van der Waals surface area contributed by atoms with E-state index < -0.39 is 157 Å². The van der Waals surface area contributed by atoms with Gasteiger partial charge in [0.15, 0.2) is 0 Å². The lowest BCUT2D eigenvalue weighted by Crippen LogP contribution is -2.54. The monoisotopic (exact) mass is 1690 g/mol. The number of pyridine rings is 2. The van der Waals surface area contributed by atoms with Crippen LogP contribution in [0.3, 0.4) is 0 Å². The van der Waals surface area contributed by atoms with Crippen molar-refractivity contribution in [2.45, 2.75) is 88.8 Å². The minimum Gasteiger partial charge on any atom is -0.494 e. The molecular formula is C80H98F4N18O19. The number of ether oxygens (including phenoxy) is 3. The van der Waals surface area contributed by atoms with Gasteiger partial charge in [0.25, 0.3) is 45.4 Å². The van der Waals surface area contributed by atoms with Crippen molar-refractivity contribution in [3.05, 3.63) is 113 Å². The van der Waals surface area contributed by atoms with E-state index in [1.807, 2.05) is 0 Å². The average molecular weight is 1690 g/mol. The first-order valence-electron chi connectivity index (χ1n) is 39.7. The summed E-state index contributed by atoms with van der Waals surface area (Å²) in [5, 5.41) is 60.2. The van der Waals surface area contributed by atoms with E-state index in [1.165, 1.54) is 29.4 Å². The molecular weight excluding hydrogens is 1590 g/mol. The molecule has 10 rings (SSSR count). The molecule has 0 bridgehead atoms. The summed E-state index contributed by atoms with van der Waals surface area (Å²) in [6.45, 7) is 0.875. The summed E-state index contributed by atoms with van der Waals surface area (Å²) in [7, 11) is 0. The van der Waals surface area contributed by atoms with Crippen LogP contribution in [0.5, 0.6) is 11.5 Å². The van der Waals surface area contributed by atoms with Gasteiger partial charge in [0.1, 0.15) is 51.9 Å². The van der Waals surface area contributed by atoms with Crippen molar-refractivity contribution in [2.24, 2.45) is 0 Å². The van der Waals surface area contributed by atoms with E-state index in [0.717, 1.165) is 9.80 Å². The molecule has 2 atom stereocenters. The van der Waals surface area contributed by atoms with Crippen molar-refractivity contribution in [1.29, 1.82) is 10.5 Å². The van der Waals surface area contributed by atoms with Crippen molar-refractivity contribution >= 4 is 98.0 Å². The Labute approximate surface area is 691 Å². The lowest BCUT2D eigenvalue weighted by molar-refractivity contribution is -0.156. The molecule has 41 heteroatoms. The fourth-order valence-electron chi connectivity index (χ4n) is 14.8. The predicted molar refractivity (Wildman–Crippen MR) is 431 cm³/mol. The summed E-state index contributed by atoms with van der Waals surface area (Å²) in [6, 6.07) is 13.1. The number of benzene rings is 2. The number of carboxylic acid groups (broad SMARTS) is 3. The average Bonchev–Trinajstić information content (AvgIpc) is 1.68. The van der Waals surface area contributed by atoms with E-state index in [4.69, 9.17) is 14.2 Å². The van der Waals surface area contributed by atoms with Crippen molar-refractivity contribution in [2.75, 3.05) is 210 Å². The molecule has 4 fully saturated rings. The molecule has 4 saturated heterocycles. The topological polar surface area (TPSA) is 464 Å². The molecule has 650 valence electrons. The number of hydrogen-bond acceptors (Lipinski definition) is 29. The van der Waals surface area contributed by atoms with E-state index in [9.17, 15) is 101 Å². The lowest BCUT2D eigenvalue weighted by Gasteiger charge is -2.37. The number of carboxylic acids is 3. The third kappa shape index (κ3) is 25.3. The summed E-state index contributed by atoms with van der Waals surface area (Å²) in [5.74, 6) is -13.5. The number of nitrogens with one attached hydrogen (secondary N) is 4. The Balaban J connectivity index is 0.847. The molecule has 4 aromatic carbocycles. The fourth-order valence-corrected chi connectivity index (χ4v) is 14.8. The quantitative estimate of drug-likeness (QED) is 0.0133. The number of carbonyl (C=O) groups is 9. The zero-order chi connectivity index (χ0) is 87.5. The van der Waals surface area contributed by atoms with Gasteiger partial charge < -0.3 is 75.3 Å². The van der Waals surface area contributed by atoms with Gasteiger partial charge in [-0.15, -0.1) is 0 Å². The van der Waals surface area contributed by atoms with Crippen molar-refractivity contribution in [1.82, 2.24) is 59.8 Å². The van der Waals surface area contributed by atoms with Gasteiger partial charge in [-0.1, -0.05) is 0 Å². The number of alkyl halides is 4. The maximum absolute atomic E-state index is 15.2. The molecule has 0 radical (unpaired) electrons. The second-order valence-corrected chi connectivity index (χ2v) is 31.1. The highest BCUT2D eigenvalue weighted by Gasteiger charge is 2.49. The summed E-state index contributed by atoms with van der Waals surface area (Å²) in [5.41, 5.74) is -3.41. The summed E-state index contributed by atoms with van der Waals surface area (Å²) in [6.07, 6.45) is 2.61. The number of nitrogens with zero attached hydrogens (tertiary/aromatic N) is 14. The number of likely N-dealkylation sites (tertiary alicyclic amines) is 2. The van der Waals surface area contributed by atoms with Crippen LogP contribution in [0.15, 0.2) is 80.1 Å². The van der Waals surface area contributed by atoms with Crippen LogP contribution < -0.4 is 62.3 Å². The Morgan fingerprint density at radius 2 is 0.851 bits per heavy atom. The third-order valence-electron chi connectivity index (χ3n) is 21.0. The van der Waals surface area contributed by atoms with Gasteiger partial charge in [0.2, 0.25) is 17.7 Å². The number of anilines is 4. The van der Waals surface area contributed by atoms with Crippen LogP contribution in [0, 0.1) is 22.7 Å². The Hall–Kier alpha value is -12.1. The van der Waals surface area contributed by atoms with Gasteiger partial charge in [-0.2, -0.15) is 10.5 Å². The second kappa shape index (κ2) is 41.3. The van der Waals surface area contributed by atoms with Crippen molar-refractivity contribution in [3.63, 3.8) is 0 Å². The largest absolute Gasteiger partial charge is 0.494 e. The minimum atomic E-state index is -3.26. The summed E-state index contributed by atoms with van der Waals surface area (Å²) in [4.78, 5) is 197. The van der Waals surface area contributed by atoms with Crippen LogP contribution in [0.2, 0.25) is 0 Å². The smallest absolute Gasteiger partial charge is 0.320 e. The zero-order valence-electron chi connectivity index (χ0n) is 67.3. The normalized spacial score (nSPS) is 18.4. The molecule has 5 amide bonds. The lowest BCUT2D eigenvalue weighted by atomic mass is 10.1. The molecule has 121 heavy (non-hydrogen) atoms. The van der Waals surface area contributed by atoms with Crippen molar-refractivity contribution in [3.8, 4) is 23.6 Å².